The highest BCUT2D eigenvalue weighted by molar-refractivity contribution is 6.30. The first kappa shape index (κ1) is 11.8. The monoisotopic (exact) mass is 217 g/mol. The standard InChI is InChI=1S/C11H20ClNO/c1-7(12)9(14)13-6-8-10(2,3)11(8,4)5/h7-8H,6H2,1-5H3,(H,13,14). The van der Waals surface area contributed by atoms with Gasteiger partial charge in [0.05, 0.1) is 0 Å². The van der Waals surface area contributed by atoms with Crippen molar-refractivity contribution < 1.29 is 4.79 Å². The van der Waals surface area contributed by atoms with Crippen LogP contribution < -0.4 is 5.32 Å². The van der Waals surface area contributed by atoms with Crippen molar-refractivity contribution in [3.63, 3.8) is 0 Å². The van der Waals surface area contributed by atoms with E-state index >= 15 is 0 Å². The molecule has 0 saturated heterocycles. The van der Waals surface area contributed by atoms with Gasteiger partial charge in [0.25, 0.3) is 0 Å². The maximum atomic E-state index is 11.3. The van der Waals surface area contributed by atoms with Gasteiger partial charge in [-0.05, 0) is 23.7 Å². The van der Waals surface area contributed by atoms with Crippen LogP contribution >= 0.6 is 11.6 Å². The van der Waals surface area contributed by atoms with E-state index < -0.39 is 5.38 Å². The summed E-state index contributed by atoms with van der Waals surface area (Å²) in [5.74, 6) is 0.500. The van der Waals surface area contributed by atoms with Gasteiger partial charge in [0, 0.05) is 6.54 Å². The molecule has 14 heavy (non-hydrogen) atoms. The number of halogens is 1. The Kier molecular flexibility index (Phi) is 2.88. The minimum atomic E-state index is -0.431. The second kappa shape index (κ2) is 3.41. The molecule has 1 N–H and O–H groups in total. The van der Waals surface area contributed by atoms with Gasteiger partial charge in [0.2, 0.25) is 5.91 Å². The van der Waals surface area contributed by atoms with Gasteiger partial charge in [0.15, 0.2) is 0 Å². The Morgan fingerprint density at radius 1 is 1.36 bits per heavy atom. The van der Waals surface area contributed by atoms with Crippen LogP contribution in [0.5, 0.6) is 0 Å². The predicted octanol–water partition coefficient (Wildman–Crippen LogP) is 2.41. The van der Waals surface area contributed by atoms with E-state index in [-0.39, 0.29) is 5.91 Å². The van der Waals surface area contributed by atoms with Gasteiger partial charge in [0.1, 0.15) is 5.38 Å². The molecule has 0 spiro atoms. The lowest BCUT2D eigenvalue weighted by Crippen LogP contribution is -2.32. The number of hydrogen-bond donors (Lipinski definition) is 1. The quantitative estimate of drug-likeness (QED) is 0.723. The molecule has 0 heterocycles. The second-order valence-electron chi connectivity index (χ2n) is 5.36. The summed E-state index contributed by atoms with van der Waals surface area (Å²) in [6.45, 7) is 11.4. The summed E-state index contributed by atoms with van der Waals surface area (Å²) < 4.78 is 0. The molecule has 1 amide bonds. The molecule has 1 fully saturated rings. The number of amides is 1. The molecule has 1 unspecified atom stereocenters. The van der Waals surface area contributed by atoms with Gasteiger partial charge in [-0.2, -0.15) is 0 Å². The summed E-state index contributed by atoms with van der Waals surface area (Å²) in [5, 5.41) is 2.45. The first-order valence-corrected chi connectivity index (χ1v) is 5.56. The Hall–Kier alpha value is -0.240. The summed E-state index contributed by atoms with van der Waals surface area (Å²) in [5.41, 5.74) is 0.658. The zero-order valence-electron chi connectivity index (χ0n) is 9.65. The molecule has 3 heteroatoms. The highest BCUT2D eigenvalue weighted by atomic mass is 35.5. The van der Waals surface area contributed by atoms with E-state index in [0.717, 1.165) is 6.54 Å². The molecule has 0 bridgehead atoms. The molecule has 0 aromatic carbocycles. The Balaban J connectivity index is 2.40. The van der Waals surface area contributed by atoms with Gasteiger partial charge < -0.3 is 5.32 Å². The van der Waals surface area contributed by atoms with Crippen molar-refractivity contribution >= 4 is 17.5 Å². The minimum absolute atomic E-state index is 0.0647. The lowest BCUT2D eigenvalue weighted by Gasteiger charge is -2.07. The zero-order valence-corrected chi connectivity index (χ0v) is 10.4. The molecule has 1 aliphatic carbocycles. The third kappa shape index (κ3) is 1.77. The topological polar surface area (TPSA) is 29.1 Å². The summed E-state index contributed by atoms with van der Waals surface area (Å²) >= 11 is 5.66. The van der Waals surface area contributed by atoms with Crippen molar-refractivity contribution in [3.05, 3.63) is 0 Å². The van der Waals surface area contributed by atoms with Crippen molar-refractivity contribution in [2.45, 2.75) is 40.0 Å². The van der Waals surface area contributed by atoms with Crippen LogP contribution in [0.15, 0.2) is 0 Å². The van der Waals surface area contributed by atoms with Crippen LogP contribution in [0.25, 0.3) is 0 Å². The fraction of sp³-hybridized carbons (Fsp3) is 0.909. The van der Waals surface area contributed by atoms with Gasteiger partial charge in [-0.15, -0.1) is 11.6 Å². The maximum Gasteiger partial charge on any atom is 0.237 e. The molecule has 1 atom stereocenters. The van der Waals surface area contributed by atoms with Crippen LogP contribution in [0.2, 0.25) is 0 Å². The summed E-state index contributed by atoms with van der Waals surface area (Å²) in [6.07, 6.45) is 0. The average Bonchev–Trinajstić information content (AvgIpc) is 2.39. The molecule has 0 radical (unpaired) electrons. The molecule has 1 rings (SSSR count). The fourth-order valence-corrected chi connectivity index (χ4v) is 2.26. The Morgan fingerprint density at radius 2 is 1.79 bits per heavy atom. The largest absolute Gasteiger partial charge is 0.355 e. The number of carbonyl (C=O) groups is 1. The van der Waals surface area contributed by atoms with Crippen LogP contribution in [-0.2, 0) is 4.79 Å². The van der Waals surface area contributed by atoms with Gasteiger partial charge in [-0.3, -0.25) is 4.79 Å². The Morgan fingerprint density at radius 3 is 2.07 bits per heavy atom. The normalized spacial score (nSPS) is 25.6. The zero-order chi connectivity index (χ0) is 11.1. The molecule has 0 aromatic rings. The molecule has 1 saturated carbocycles. The van der Waals surface area contributed by atoms with Crippen molar-refractivity contribution in [2.24, 2.45) is 16.7 Å². The first-order valence-electron chi connectivity index (χ1n) is 5.13. The molecular weight excluding hydrogens is 198 g/mol. The highest BCUT2D eigenvalue weighted by Crippen LogP contribution is 2.67. The molecule has 2 nitrogen and oxygen atoms in total. The van der Waals surface area contributed by atoms with Crippen LogP contribution in [0.3, 0.4) is 0 Å². The number of alkyl halides is 1. The molecule has 1 aliphatic rings. The molecule has 0 aliphatic heterocycles. The van der Waals surface area contributed by atoms with Crippen LogP contribution in [-0.4, -0.2) is 17.8 Å². The number of rotatable bonds is 3. The second-order valence-corrected chi connectivity index (χ2v) is 6.01. The van der Waals surface area contributed by atoms with Crippen LogP contribution in [0.1, 0.15) is 34.6 Å². The van der Waals surface area contributed by atoms with E-state index in [4.69, 9.17) is 11.6 Å². The third-order valence-corrected chi connectivity index (χ3v) is 4.36. The average molecular weight is 218 g/mol. The number of hydrogen-bond acceptors (Lipinski definition) is 1. The SMILES string of the molecule is CC(Cl)C(=O)NCC1C(C)(C)C1(C)C. The lowest BCUT2D eigenvalue weighted by atomic mass is 10.0. The van der Waals surface area contributed by atoms with Gasteiger partial charge in [-0.25, -0.2) is 0 Å². The first-order chi connectivity index (χ1) is 6.21. The smallest absolute Gasteiger partial charge is 0.237 e. The lowest BCUT2D eigenvalue weighted by molar-refractivity contribution is -0.120. The van der Waals surface area contributed by atoms with Crippen molar-refractivity contribution in [3.8, 4) is 0 Å². The highest BCUT2D eigenvalue weighted by Gasteiger charge is 2.64. The minimum Gasteiger partial charge on any atom is -0.355 e. The number of nitrogens with one attached hydrogen (secondary N) is 1. The van der Waals surface area contributed by atoms with Crippen molar-refractivity contribution in [2.75, 3.05) is 6.54 Å². The summed E-state index contributed by atoms with van der Waals surface area (Å²) in [6, 6.07) is 0. The van der Waals surface area contributed by atoms with Gasteiger partial charge >= 0.3 is 0 Å². The van der Waals surface area contributed by atoms with Crippen LogP contribution in [0.4, 0.5) is 0 Å². The van der Waals surface area contributed by atoms with Crippen molar-refractivity contribution in [1.82, 2.24) is 5.32 Å². The summed E-state index contributed by atoms with van der Waals surface area (Å²) in [4.78, 5) is 11.3. The molecule has 82 valence electrons. The van der Waals surface area contributed by atoms with E-state index in [1.165, 1.54) is 0 Å². The predicted molar refractivity (Wildman–Crippen MR) is 59.4 cm³/mol. The third-order valence-electron chi connectivity index (χ3n) is 4.16. The van der Waals surface area contributed by atoms with Gasteiger partial charge in [-0.1, -0.05) is 27.7 Å². The van der Waals surface area contributed by atoms with Crippen LogP contribution in [0, 0.1) is 16.7 Å². The molecular formula is C11H20ClNO. The van der Waals surface area contributed by atoms with E-state index in [9.17, 15) is 4.79 Å². The molecule has 0 aromatic heterocycles. The van der Waals surface area contributed by atoms with E-state index in [0.29, 0.717) is 16.7 Å². The van der Waals surface area contributed by atoms with Crippen molar-refractivity contribution in [1.29, 1.82) is 0 Å². The van der Waals surface area contributed by atoms with E-state index in [2.05, 4.69) is 33.0 Å². The van der Waals surface area contributed by atoms with E-state index in [1.54, 1.807) is 6.92 Å². The summed E-state index contributed by atoms with van der Waals surface area (Å²) in [7, 11) is 0. The Bertz CT molecular complexity index is 232. The maximum absolute atomic E-state index is 11.3. The fourth-order valence-electron chi connectivity index (χ4n) is 2.19. The Labute approximate surface area is 91.4 Å². The van der Waals surface area contributed by atoms with E-state index in [1.807, 2.05) is 0 Å². The number of carbonyl (C=O) groups excluding carboxylic acids is 1.